The van der Waals surface area contributed by atoms with Crippen LogP contribution in [0.4, 0.5) is 0 Å². The molecule has 0 aromatic heterocycles. The minimum Gasteiger partial charge on any atom is -0.496 e. The Morgan fingerprint density at radius 2 is 1.14 bits per heavy atom. The predicted molar refractivity (Wildman–Crippen MR) is 231 cm³/mol. The summed E-state index contributed by atoms with van der Waals surface area (Å²) in [5.74, 6) is 5.73. The molecule has 310 valence electrons. The SMILES string of the molecule is C.COc1ccc(/C=C\c2cc(OC)c(OC)c(OC)c2)cc1C.COc1ccc(CCN(C)CCCC(C#N)(c2ccc(OC)c(OC)c2)C(C)C)cc1OC. The molecule has 1 unspecified atom stereocenters. The summed E-state index contributed by atoms with van der Waals surface area (Å²) in [5, 5.41) is 10.2. The first-order chi connectivity index (χ1) is 27.0. The second-order valence-corrected chi connectivity index (χ2v) is 13.7. The average Bonchev–Trinajstić information content (AvgIpc) is 3.22. The maximum atomic E-state index is 10.2. The van der Waals surface area contributed by atoms with E-state index in [1.54, 1.807) is 56.9 Å². The lowest BCUT2D eigenvalue weighted by atomic mass is 9.69. The van der Waals surface area contributed by atoms with Crippen molar-refractivity contribution in [3.63, 3.8) is 0 Å². The maximum absolute atomic E-state index is 10.2. The van der Waals surface area contributed by atoms with Crippen LogP contribution in [0.1, 0.15) is 61.9 Å². The van der Waals surface area contributed by atoms with Crippen LogP contribution in [0.15, 0.2) is 66.7 Å². The Labute approximate surface area is 341 Å². The van der Waals surface area contributed by atoms with Gasteiger partial charge in [-0.2, -0.15) is 5.26 Å². The number of aryl methyl sites for hydroxylation is 1. The van der Waals surface area contributed by atoms with Gasteiger partial charge >= 0.3 is 0 Å². The lowest BCUT2D eigenvalue weighted by Crippen LogP contribution is -2.32. The second kappa shape index (κ2) is 23.5. The predicted octanol–water partition coefficient (Wildman–Crippen LogP) is 9.93. The Kier molecular flexibility index (Phi) is 19.6. The van der Waals surface area contributed by atoms with Crippen LogP contribution in [0.3, 0.4) is 0 Å². The van der Waals surface area contributed by atoms with Gasteiger partial charge in [-0.25, -0.2) is 0 Å². The van der Waals surface area contributed by atoms with E-state index >= 15 is 0 Å². The first-order valence-electron chi connectivity index (χ1n) is 18.6. The summed E-state index contributed by atoms with van der Waals surface area (Å²) in [6.45, 7) is 8.08. The van der Waals surface area contributed by atoms with Crippen molar-refractivity contribution in [3.05, 3.63) is 94.5 Å². The molecule has 0 aliphatic heterocycles. The van der Waals surface area contributed by atoms with Gasteiger partial charge in [0.1, 0.15) is 5.75 Å². The van der Waals surface area contributed by atoms with Crippen molar-refractivity contribution in [3.8, 4) is 52.1 Å². The molecule has 0 N–H and O–H groups in total. The van der Waals surface area contributed by atoms with Gasteiger partial charge in [0.2, 0.25) is 5.75 Å². The van der Waals surface area contributed by atoms with Crippen LogP contribution < -0.4 is 37.9 Å². The van der Waals surface area contributed by atoms with E-state index in [1.165, 1.54) is 5.56 Å². The first-order valence-corrected chi connectivity index (χ1v) is 18.6. The number of rotatable bonds is 19. The zero-order chi connectivity index (χ0) is 41.3. The van der Waals surface area contributed by atoms with E-state index < -0.39 is 5.41 Å². The number of hydrogen-bond acceptors (Lipinski definition) is 10. The van der Waals surface area contributed by atoms with E-state index in [0.29, 0.717) is 28.7 Å². The molecule has 0 fully saturated rings. The van der Waals surface area contributed by atoms with E-state index in [2.05, 4.69) is 44.0 Å². The van der Waals surface area contributed by atoms with E-state index in [4.69, 9.17) is 37.9 Å². The molecule has 4 rings (SSSR count). The van der Waals surface area contributed by atoms with Crippen LogP contribution in [0.25, 0.3) is 12.2 Å². The number of methoxy groups -OCH3 is 8. The molecule has 1 atom stereocenters. The fraction of sp³-hybridized carbons (Fsp3) is 0.426. The summed E-state index contributed by atoms with van der Waals surface area (Å²) in [7, 11) is 15.2. The number of nitrogens with zero attached hydrogens (tertiary/aromatic N) is 2. The summed E-state index contributed by atoms with van der Waals surface area (Å²) in [4.78, 5) is 2.31. The van der Waals surface area contributed by atoms with Gasteiger partial charge in [0.05, 0.1) is 68.4 Å². The molecule has 57 heavy (non-hydrogen) atoms. The molecule has 0 amide bonds. The Balaban J connectivity index is 0.000000410. The van der Waals surface area contributed by atoms with E-state index in [9.17, 15) is 5.26 Å². The van der Waals surface area contributed by atoms with Crippen molar-refractivity contribution in [2.45, 2.75) is 52.9 Å². The van der Waals surface area contributed by atoms with E-state index in [-0.39, 0.29) is 13.3 Å². The molecule has 4 aromatic rings. The van der Waals surface area contributed by atoms with E-state index in [0.717, 1.165) is 71.9 Å². The number of nitriles is 1. The number of ether oxygens (including phenoxy) is 8. The third kappa shape index (κ3) is 12.5. The molecular formula is C47H64N2O8. The fourth-order valence-corrected chi connectivity index (χ4v) is 6.62. The Morgan fingerprint density at radius 3 is 1.65 bits per heavy atom. The van der Waals surface area contributed by atoms with Gasteiger partial charge in [0, 0.05) is 6.54 Å². The summed E-state index contributed by atoms with van der Waals surface area (Å²) in [5.41, 5.74) is 4.76. The van der Waals surface area contributed by atoms with E-state index in [1.807, 2.05) is 73.7 Å². The zero-order valence-corrected chi connectivity index (χ0v) is 35.3. The molecule has 10 heteroatoms. The van der Waals surface area contributed by atoms with Gasteiger partial charge in [0.25, 0.3) is 0 Å². The summed E-state index contributed by atoms with van der Waals surface area (Å²) < 4.78 is 42.9. The topological polar surface area (TPSA) is 101 Å². The Hall–Kier alpha value is -5.53. The molecule has 4 aromatic carbocycles. The highest BCUT2D eigenvalue weighted by Gasteiger charge is 2.36. The summed E-state index contributed by atoms with van der Waals surface area (Å²) in [6, 6.07) is 24.4. The smallest absolute Gasteiger partial charge is 0.203 e. The molecular weight excluding hydrogens is 721 g/mol. The third-order valence-electron chi connectivity index (χ3n) is 10.00. The van der Waals surface area contributed by atoms with Gasteiger partial charge in [-0.3, -0.25) is 0 Å². The first kappa shape index (κ1) is 47.6. The average molecular weight is 785 g/mol. The van der Waals surface area contributed by atoms with Crippen molar-refractivity contribution in [1.29, 1.82) is 5.26 Å². The standard InChI is InChI=1S/C27H38N2O4.C19H22O4.CH4/c1-20(2)27(19-28,22-10-12-24(31-5)26(18-22)33-7)14-8-15-29(3)16-13-21-9-11-23(30-4)25(17-21)32-6;1-13-10-14(8-9-16(13)20-2)6-7-15-11-17(21-3)19(23-5)18(12-15)22-4;/h9-12,17-18,20H,8,13-16H2,1-7H3;6-12H,1-5H3;1H4/b;7-6-;. The van der Waals surface area contributed by atoms with Crippen LogP contribution in [0.5, 0.6) is 46.0 Å². The summed E-state index contributed by atoms with van der Waals surface area (Å²) in [6.07, 6.45) is 6.65. The van der Waals surface area contributed by atoms with Crippen LogP contribution in [-0.2, 0) is 11.8 Å². The zero-order valence-electron chi connectivity index (χ0n) is 35.3. The second-order valence-electron chi connectivity index (χ2n) is 13.7. The highest BCUT2D eigenvalue weighted by atomic mass is 16.5. The van der Waals surface area contributed by atoms with Gasteiger partial charge < -0.3 is 42.8 Å². The molecule has 0 spiro atoms. The molecule has 0 radical (unpaired) electrons. The molecule has 0 aliphatic rings. The molecule has 10 nitrogen and oxygen atoms in total. The number of likely N-dealkylation sites (N-methyl/N-ethyl adjacent to an activating group) is 1. The molecule has 0 bridgehead atoms. The van der Waals surface area contributed by atoms with Crippen molar-refractivity contribution >= 4 is 12.2 Å². The normalized spacial score (nSPS) is 11.7. The van der Waals surface area contributed by atoms with Crippen LogP contribution in [0, 0.1) is 24.2 Å². The highest BCUT2D eigenvalue weighted by molar-refractivity contribution is 5.73. The minimum atomic E-state index is -0.580. The van der Waals surface area contributed by atoms with Gasteiger partial charge in [-0.1, -0.05) is 51.6 Å². The van der Waals surface area contributed by atoms with Gasteiger partial charge in [0.15, 0.2) is 34.5 Å². The molecule has 0 saturated heterocycles. The van der Waals surface area contributed by atoms with Crippen LogP contribution >= 0.6 is 0 Å². The lowest BCUT2D eigenvalue weighted by molar-refractivity contribution is 0.292. The van der Waals surface area contributed by atoms with Gasteiger partial charge in [-0.15, -0.1) is 0 Å². The van der Waals surface area contributed by atoms with Crippen LogP contribution in [-0.4, -0.2) is 81.9 Å². The van der Waals surface area contributed by atoms with Crippen molar-refractivity contribution < 1.29 is 37.9 Å². The molecule has 0 heterocycles. The number of benzene rings is 4. The van der Waals surface area contributed by atoms with Crippen LogP contribution in [0.2, 0.25) is 0 Å². The Morgan fingerprint density at radius 1 is 0.614 bits per heavy atom. The van der Waals surface area contributed by atoms with Crippen molar-refractivity contribution in [2.75, 3.05) is 77.0 Å². The minimum absolute atomic E-state index is 0. The molecule has 0 aliphatic carbocycles. The molecule has 0 saturated carbocycles. The van der Waals surface area contributed by atoms with Crippen molar-refractivity contribution in [1.82, 2.24) is 4.90 Å². The van der Waals surface area contributed by atoms with Crippen molar-refractivity contribution in [2.24, 2.45) is 5.92 Å². The Bertz CT molecular complexity index is 1890. The number of hydrogen-bond donors (Lipinski definition) is 0. The largest absolute Gasteiger partial charge is 0.496 e. The summed E-state index contributed by atoms with van der Waals surface area (Å²) >= 11 is 0. The lowest BCUT2D eigenvalue weighted by Gasteiger charge is -2.32. The monoisotopic (exact) mass is 784 g/mol. The fourth-order valence-electron chi connectivity index (χ4n) is 6.62. The van der Waals surface area contributed by atoms with Gasteiger partial charge in [-0.05, 0) is 122 Å². The third-order valence-corrected chi connectivity index (χ3v) is 10.00. The highest BCUT2D eigenvalue weighted by Crippen LogP contribution is 2.41. The quantitative estimate of drug-likeness (QED) is 0.0855. The maximum Gasteiger partial charge on any atom is 0.203 e.